The van der Waals surface area contributed by atoms with Crippen LogP contribution in [0, 0.1) is 10.1 Å². The van der Waals surface area contributed by atoms with Gasteiger partial charge in [-0.1, -0.05) is 6.07 Å². The fourth-order valence-electron chi connectivity index (χ4n) is 2.49. The summed E-state index contributed by atoms with van der Waals surface area (Å²) in [5.74, 6) is -1.09. The lowest BCUT2D eigenvalue weighted by atomic mass is 10.1. The highest BCUT2D eigenvalue weighted by Gasteiger charge is 2.14. The minimum absolute atomic E-state index is 0.0588. The van der Waals surface area contributed by atoms with Gasteiger partial charge in [0.1, 0.15) is 0 Å². The molecule has 10 nitrogen and oxygen atoms in total. The molecular formula is C16H12N4O6. The van der Waals surface area contributed by atoms with Crippen molar-refractivity contribution in [2.24, 2.45) is 0 Å². The summed E-state index contributed by atoms with van der Waals surface area (Å²) >= 11 is 0. The van der Waals surface area contributed by atoms with Crippen LogP contribution >= 0.6 is 0 Å². The van der Waals surface area contributed by atoms with Crippen molar-refractivity contribution in [3.05, 3.63) is 78.3 Å². The molecule has 1 heterocycles. The number of nitrogens with one attached hydrogen (secondary N) is 3. The second-order valence-corrected chi connectivity index (χ2v) is 5.43. The van der Waals surface area contributed by atoms with Crippen molar-refractivity contribution in [2.45, 2.75) is 6.54 Å². The predicted molar refractivity (Wildman–Crippen MR) is 92.6 cm³/mol. The quantitative estimate of drug-likeness (QED) is 0.306. The first-order chi connectivity index (χ1) is 12.3. The average molecular weight is 356 g/mol. The molecule has 0 fully saturated rings. The van der Waals surface area contributed by atoms with Crippen LogP contribution in [0.3, 0.4) is 0 Å². The summed E-state index contributed by atoms with van der Waals surface area (Å²) in [6.45, 7) is 0.0588. The number of aromatic nitrogens is 2. The number of carboxylic acid groups (broad SMARTS) is 1. The molecule has 0 aliphatic heterocycles. The van der Waals surface area contributed by atoms with Crippen LogP contribution in [0.1, 0.15) is 15.9 Å². The van der Waals surface area contributed by atoms with Crippen LogP contribution in [-0.2, 0) is 6.54 Å². The third kappa shape index (κ3) is 3.29. The van der Waals surface area contributed by atoms with Crippen molar-refractivity contribution < 1.29 is 14.8 Å². The molecule has 1 aromatic heterocycles. The van der Waals surface area contributed by atoms with E-state index in [1.165, 1.54) is 18.2 Å². The van der Waals surface area contributed by atoms with E-state index < -0.39 is 22.0 Å². The molecule has 0 atom stereocenters. The molecule has 10 heteroatoms. The Morgan fingerprint density at radius 3 is 2.58 bits per heavy atom. The fraction of sp³-hybridized carbons (Fsp3) is 0.0625. The van der Waals surface area contributed by atoms with E-state index in [9.17, 15) is 24.5 Å². The van der Waals surface area contributed by atoms with Crippen molar-refractivity contribution >= 4 is 28.4 Å². The lowest BCUT2D eigenvalue weighted by Gasteiger charge is -2.10. The van der Waals surface area contributed by atoms with Crippen molar-refractivity contribution in [3.8, 4) is 0 Å². The monoisotopic (exact) mass is 356 g/mol. The lowest BCUT2D eigenvalue weighted by Crippen LogP contribution is -2.29. The zero-order chi connectivity index (χ0) is 18.8. The number of carbonyl (C=O) groups is 1. The van der Waals surface area contributed by atoms with E-state index >= 15 is 0 Å². The van der Waals surface area contributed by atoms with Crippen LogP contribution < -0.4 is 16.4 Å². The number of H-pyrrole nitrogens is 2. The smallest absolute Gasteiger partial charge is 0.335 e. The summed E-state index contributed by atoms with van der Waals surface area (Å²) < 4.78 is 0. The first kappa shape index (κ1) is 16.9. The van der Waals surface area contributed by atoms with Gasteiger partial charge in [-0.3, -0.25) is 19.7 Å². The number of anilines is 1. The highest BCUT2D eigenvalue weighted by molar-refractivity contribution is 5.88. The minimum Gasteiger partial charge on any atom is -0.478 e. The van der Waals surface area contributed by atoms with Gasteiger partial charge in [0.25, 0.3) is 5.69 Å². The van der Waals surface area contributed by atoms with Gasteiger partial charge in [-0.05, 0) is 18.2 Å². The number of aromatic amines is 2. The molecule has 0 saturated heterocycles. The number of fused-ring (bicyclic) bond motifs is 1. The summed E-state index contributed by atoms with van der Waals surface area (Å²) in [4.78, 5) is 49.3. The number of non-ortho nitro benzene ring substituents is 1. The maximum Gasteiger partial charge on any atom is 0.335 e. The van der Waals surface area contributed by atoms with Gasteiger partial charge in [0, 0.05) is 29.9 Å². The van der Waals surface area contributed by atoms with Gasteiger partial charge in [0.2, 0.25) is 0 Å². The topological polar surface area (TPSA) is 158 Å². The molecule has 132 valence electrons. The maximum absolute atomic E-state index is 11.6. The fourth-order valence-corrected chi connectivity index (χ4v) is 2.49. The van der Waals surface area contributed by atoms with Gasteiger partial charge in [-0.15, -0.1) is 0 Å². The molecule has 0 aliphatic rings. The number of aromatic carboxylic acids is 1. The van der Waals surface area contributed by atoms with Gasteiger partial charge in [0.15, 0.2) is 0 Å². The summed E-state index contributed by atoms with van der Waals surface area (Å²) in [5.41, 5.74) is -0.735. The number of carboxylic acids is 1. The van der Waals surface area contributed by atoms with Gasteiger partial charge in [-0.25, -0.2) is 4.79 Å². The summed E-state index contributed by atoms with van der Waals surface area (Å²) in [6.07, 6.45) is 0. The van der Waals surface area contributed by atoms with Gasteiger partial charge in [-0.2, -0.15) is 0 Å². The largest absolute Gasteiger partial charge is 0.478 e. The number of nitrogens with zero attached hydrogens (tertiary/aromatic N) is 1. The Balaban J connectivity index is 2.03. The number of hydrogen-bond donors (Lipinski definition) is 4. The summed E-state index contributed by atoms with van der Waals surface area (Å²) in [7, 11) is 0. The first-order valence-corrected chi connectivity index (χ1v) is 7.36. The Morgan fingerprint density at radius 2 is 1.88 bits per heavy atom. The molecule has 0 bridgehead atoms. The highest BCUT2D eigenvalue weighted by Crippen LogP contribution is 2.22. The van der Waals surface area contributed by atoms with E-state index in [0.717, 1.165) is 6.07 Å². The molecule has 3 rings (SSSR count). The number of nitro groups is 1. The zero-order valence-electron chi connectivity index (χ0n) is 13.1. The maximum atomic E-state index is 11.6. The van der Waals surface area contributed by atoms with Crippen LogP contribution in [0.5, 0.6) is 0 Å². The second kappa shape index (κ2) is 6.51. The lowest BCUT2D eigenvalue weighted by molar-refractivity contribution is -0.384. The Labute approximate surface area is 144 Å². The molecule has 0 saturated carbocycles. The Morgan fingerprint density at radius 1 is 1.15 bits per heavy atom. The van der Waals surface area contributed by atoms with E-state index in [1.54, 1.807) is 12.1 Å². The van der Waals surface area contributed by atoms with Gasteiger partial charge < -0.3 is 20.4 Å². The average Bonchev–Trinajstić information content (AvgIpc) is 2.60. The van der Waals surface area contributed by atoms with E-state index in [-0.39, 0.29) is 28.8 Å². The SMILES string of the molecule is O=C(O)c1cccc(NCc2cc([N+](=O)[O-])cc3[nH]c(=O)c(=O)[nH]c23)c1. The molecule has 0 radical (unpaired) electrons. The molecule has 0 amide bonds. The van der Waals surface area contributed by atoms with E-state index in [0.29, 0.717) is 11.3 Å². The van der Waals surface area contributed by atoms with Crippen molar-refractivity contribution in [3.63, 3.8) is 0 Å². The zero-order valence-corrected chi connectivity index (χ0v) is 13.1. The molecule has 0 aliphatic carbocycles. The molecule has 26 heavy (non-hydrogen) atoms. The molecular weight excluding hydrogens is 344 g/mol. The molecule has 4 N–H and O–H groups in total. The van der Waals surface area contributed by atoms with Crippen LogP contribution in [-0.4, -0.2) is 26.0 Å². The Bertz CT molecular complexity index is 1150. The second-order valence-electron chi connectivity index (χ2n) is 5.43. The van der Waals surface area contributed by atoms with Crippen molar-refractivity contribution in [1.82, 2.24) is 9.97 Å². The number of nitro benzene ring substituents is 1. The van der Waals surface area contributed by atoms with Crippen LogP contribution in [0.15, 0.2) is 46.0 Å². The molecule has 3 aromatic rings. The third-order valence-corrected chi connectivity index (χ3v) is 3.70. The van der Waals surface area contributed by atoms with Gasteiger partial charge >= 0.3 is 17.1 Å². The van der Waals surface area contributed by atoms with E-state index in [4.69, 9.17) is 5.11 Å². The van der Waals surface area contributed by atoms with Crippen LogP contribution in [0.4, 0.5) is 11.4 Å². The number of rotatable bonds is 5. The number of benzene rings is 2. The summed E-state index contributed by atoms with van der Waals surface area (Å²) in [5, 5.41) is 23.1. The summed E-state index contributed by atoms with van der Waals surface area (Å²) in [6, 6.07) is 8.45. The van der Waals surface area contributed by atoms with Crippen molar-refractivity contribution in [2.75, 3.05) is 5.32 Å². The predicted octanol–water partition coefficient (Wildman–Crippen LogP) is 1.43. The van der Waals surface area contributed by atoms with E-state index in [1.807, 2.05) is 0 Å². The highest BCUT2D eigenvalue weighted by atomic mass is 16.6. The normalized spacial score (nSPS) is 10.6. The molecule has 0 unspecified atom stereocenters. The molecule has 0 spiro atoms. The third-order valence-electron chi connectivity index (χ3n) is 3.70. The van der Waals surface area contributed by atoms with E-state index in [2.05, 4.69) is 15.3 Å². The van der Waals surface area contributed by atoms with Crippen molar-refractivity contribution in [1.29, 1.82) is 0 Å². The standard InChI is InChI=1S/C16H12N4O6/c21-14-15(22)19-13-9(5-11(20(25)26)6-12(13)18-14)7-17-10-3-1-2-8(4-10)16(23)24/h1-6,17H,7H2,(H,18,21)(H,19,22)(H,23,24). The van der Waals surface area contributed by atoms with Crippen LogP contribution in [0.25, 0.3) is 11.0 Å². The minimum atomic E-state index is -1.09. The molecule has 2 aromatic carbocycles. The van der Waals surface area contributed by atoms with Crippen LogP contribution in [0.2, 0.25) is 0 Å². The number of hydrogen-bond acceptors (Lipinski definition) is 6. The Kier molecular flexibility index (Phi) is 4.23. The first-order valence-electron chi connectivity index (χ1n) is 7.36. The van der Waals surface area contributed by atoms with Gasteiger partial charge in [0.05, 0.1) is 21.5 Å². The Hall–Kier alpha value is -3.95.